The average Bonchev–Trinajstić information content (AvgIpc) is 2.84. The van der Waals surface area contributed by atoms with Crippen molar-refractivity contribution >= 4 is 0 Å². The Morgan fingerprint density at radius 1 is 0.581 bits per heavy atom. The molecule has 4 aliphatic rings. The van der Waals surface area contributed by atoms with E-state index in [1.54, 1.807) is 51.4 Å². The Labute approximate surface area is 194 Å². The van der Waals surface area contributed by atoms with Crippen LogP contribution in [0.1, 0.15) is 122 Å². The van der Waals surface area contributed by atoms with E-state index in [1.807, 2.05) is 0 Å². The van der Waals surface area contributed by atoms with Crippen LogP contribution in [0.15, 0.2) is 12.7 Å². The number of hydrogen-bond acceptors (Lipinski definition) is 1. The summed E-state index contributed by atoms with van der Waals surface area (Å²) >= 11 is 0. The third kappa shape index (κ3) is 6.84. The Kier molecular flexibility index (Phi) is 9.42. The van der Waals surface area contributed by atoms with Crippen LogP contribution in [0.25, 0.3) is 0 Å². The van der Waals surface area contributed by atoms with Gasteiger partial charge in [0.2, 0.25) is 0 Å². The van der Waals surface area contributed by atoms with E-state index in [1.165, 1.54) is 64.2 Å². The summed E-state index contributed by atoms with van der Waals surface area (Å²) in [7, 11) is 0. The van der Waals surface area contributed by atoms with Crippen molar-refractivity contribution < 1.29 is 4.74 Å². The lowest BCUT2D eigenvalue weighted by Gasteiger charge is -2.41. The highest BCUT2D eigenvalue weighted by Gasteiger charge is 2.35. The molecule has 0 saturated heterocycles. The Bertz CT molecular complexity index is 495. The van der Waals surface area contributed by atoms with Gasteiger partial charge in [-0.15, -0.1) is 6.58 Å². The molecule has 0 amide bonds. The molecule has 4 fully saturated rings. The lowest BCUT2D eigenvalue weighted by molar-refractivity contribution is 0.0116. The monoisotopic (exact) mass is 428 g/mol. The first kappa shape index (κ1) is 23.8. The third-order valence-corrected chi connectivity index (χ3v) is 10.4. The summed E-state index contributed by atoms with van der Waals surface area (Å²) in [4.78, 5) is 0. The van der Waals surface area contributed by atoms with E-state index in [9.17, 15) is 0 Å². The molecule has 0 aromatic rings. The van der Waals surface area contributed by atoms with Crippen LogP contribution in [-0.4, -0.2) is 12.7 Å². The molecule has 0 N–H and O–H groups in total. The van der Waals surface area contributed by atoms with Gasteiger partial charge in [0.15, 0.2) is 0 Å². The zero-order chi connectivity index (χ0) is 21.5. The molecule has 0 spiro atoms. The van der Waals surface area contributed by atoms with Gasteiger partial charge in [0.1, 0.15) is 0 Å². The molecule has 4 rings (SSSR count). The van der Waals surface area contributed by atoms with Gasteiger partial charge in [0.05, 0.1) is 6.10 Å². The Morgan fingerprint density at radius 2 is 0.968 bits per heavy atom. The van der Waals surface area contributed by atoms with Gasteiger partial charge in [-0.25, -0.2) is 0 Å². The van der Waals surface area contributed by atoms with E-state index in [0.717, 1.165) is 48.0 Å². The van der Waals surface area contributed by atoms with Crippen molar-refractivity contribution in [2.24, 2.45) is 41.4 Å². The molecule has 31 heavy (non-hydrogen) atoms. The largest absolute Gasteiger partial charge is 0.379 e. The summed E-state index contributed by atoms with van der Waals surface area (Å²) in [5.41, 5.74) is 0. The summed E-state index contributed by atoms with van der Waals surface area (Å²) in [5, 5.41) is 0. The highest BCUT2D eigenvalue weighted by atomic mass is 16.5. The van der Waals surface area contributed by atoms with Crippen molar-refractivity contribution in [3.63, 3.8) is 0 Å². The second-order valence-electron chi connectivity index (χ2n) is 12.0. The predicted octanol–water partition coefficient (Wildman–Crippen LogP) is 8.97. The molecule has 4 saturated carbocycles. The second-order valence-corrected chi connectivity index (χ2v) is 12.0. The van der Waals surface area contributed by atoms with Gasteiger partial charge in [0, 0.05) is 6.61 Å². The van der Waals surface area contributed by atoms with Crippen molar-refractivity contribution in [2.45, 2.75) is 129 Å². The maximum absolute atomic E-state index is 5.88. The van der Waals surface area contributed by atoms with Crippen LogP contribution < -0.4 is 0 Å². The molecule has 1 heteroatoms. The van der Waals surface area contributed by atoms with E-state index >= 15 is 0 Å². The summed E-state index contributed by atoms with van der Waals surface area (Å²) < 4.78 is 5.88. The molecule has 4 aliphatic carbocycles. The number of rotatable bonds is 8. The van der Waals surface area contributed by atoms with Crippen molar-refractivity contribution in [1.29, 1.82) is 0 Å². The summed E-state index contributed by atoms with van der Waals surface area (Å²) in [6.07, 6.45) is 29.6. The molecule has 0 bridgehead atoms. The maximum atomic E-state index is 5.88. The minimum atomic E-state index is 0.579. The van der Waals surface area contributed by atoms with E-state index < -0.39 is 0 Å². The van der Waals surface area contributed by atoms with Crippen LogP contribution in [-0.2, 0) is 4.74 Å². The molecule has 0 aromatic heterocycles. The smallest absolute Gasteiger partial charge is 0.0575 e. The number of allylic oxidation sites excluding steroid dienone is 1. The van der Waals surface area contributed by atoms with E-state index in [4.69, 9.17) is 4.74 Å². The zero-order valence-electron chi connectivity index (χ0n) is 20.7. The second kappa shape index (κ2) is 12.2. The fourth-order valence-corrected chi connectivity index (χ4v) is 8.18. The molecule has 178 valence electrons. The highest BCUT2D eigenvalue weighted by molar-refractivity contribution is 4.87. The summed E-state index contributed by atoms with van der Waals surface area (Å²) in [6, 6.07) is 0. The van der Waals surface area contributed by atoms with Crippen molar-refractivity contribution in [3.8, 4) is 0 Å². The maximum Gasteiger partial charge on any atom is 0.0575 e. The standard InChI is InChI=1S/C30H52O/c1-3-23-5-7-24(8-6-23)9-10-25-11-13-26(14-12-25)27-15-17-28(18-16-27)29-19-21-30(22-20-29)31-4-2/h3,23-30H,1,4-22H2,2H3. The van der Waals surface area contributed by atoms with E-state index in [2.05, 4.69) is 19.6 Å². The Hall–Kier alpha value is -0.300. The molecule has 0 aliphatic heterocycles. The van der Waals surface area contributed by atoms with Gasteiger partial charge in [-0.3, -0.25) is 0 Å². The van der Waals surface area contributed by atoms with Crippen LogP contribution in [0.3, 0.4) is 0 Å². The first-order valence-corrected chi connectivity index (χ1v) is 14.5. The van der Waals surface area contributed by atoms with Gasteiger partial charge in [-0.05, 0) is 138 Å². The van der Waals surface area contributed by atoms with Gasteiger partial charge in [-0.1, -0.05) is 31.8 Å². The third-order valence-electron chi connectivity index (χ3n) is 10.4. The van der Waals surface area contributed by atoms with Crippen molar-refractivity contribution in [2.75, 3.05) is 6.61 Å². The Morgan fingerprint density at radius 3 is 1.39 bits per heavy atom. The summed E-state index contributed by atoms with van der Waals surface area (Å²) in [5.74, 6) is 7.14. The van der Waals surface area contributed by atoms with Crippen LogP contribution in [0.2, 0.25) is 0 Å². The van der Waals surface area contributed by atoms with Crippen molar-refractivity contribution in [3.05, 3.63) is 12.7 Å². The van der Waals surface area contributed by atoms with Crippen LogP contribution in [0.5, 0.6) is 0 Å². The molecule has 0 radical (unpaired) electrons. The Balaban J connectivity index is 1.09. The molecular weight excluding hydrogens is 376 g/mol. The average molecular weight is 429 g/mol. The molecule has 0 heterocycles. The number of ether oxygens (including phenoxy) is 1. The highest BCUT2D eigenvalue weighted by Crippen LogP contribution is 2.46. The topological polar surface area (TPSA) is 9.23 Å². The fraction of sp³-hybridized carbons (Fsp3) is 0.933. The fourth-order valence-electron chi connectivity index (χ4n) is 8.18. The minimum absolute atomic E-state index is 0.579. The lowest BCUT2D eigenvalue weighted by atomic mass is 9.65. The number of hydrogen-bond donors (Lipinski definition) is 0. The quantitative estimate of drug-likeness (QED) is 0.350. The van der Waals surface area contributed by atoms with Gasteiger partial charge in [0.25, 0.3) is 0 Å². The van der Waals surface area contributed by atoms with Crippen LogP contribution in [0, 0.1) is 41.4 Å². The predicted molar refractivity (Wildman–Crippen MR) is 133 cm³/mol. The first-order chi connectivity index (χ1) is 15.2. The molecular formula is C30H52O. The van der Waals surface area contributed by atoms with Crippen LogP contribution in [0.4, 0.5) is 0 Å². The van der Waals surface area contributed by atoms with Crippen LogP contribution >= 0.6 is 0 Å². The van der Waals surface area contributed by atoms with E-state index in [0.29, 0.717) is 6.10 Å². The normalized spacial score (nSPS) is 42.2. The summed E-state index contributed by atoms with van der Waals surface area (Å²) in [6.45, 7) is 7.06. The minimum Gasteiger partial charge on any atom is -0.379 e. The first-order valence-electron chi connectivity index (χ1n) is 14.5. The zero-order valence-corrected chi connectivity index (χ0v) is 20.7. The van der Waals surface area contributed by atoms with Gasteiger partial charge >= 0.3 is 0 Å². The molecule has 0 aromatic carbocycles. The van der Waals surface area contributed by atoms with Gasteiger partial charge in [-0.2, -0.15) is 0 Å². The molecule has 0 unspecified atom stereocenters. The molecule has 1 nitrogen and oxygen atoms in total. The van der Waals surface area contributed by atoms with Gasteiger partial charge < -0.3 is 4.74 Å². The van der Waals surface area contributed by atoms with E-state index in [-0.39, 0.29) is 0 Å². The molecule has 0 atom stereocenters. The van der Waals surface area contributed by atoms with Crippen molar-refractivity contribution in [1.82, 2.24) is 0 Å². The lowest BCUT2D eigenvalue weighted by Crippen LogP contribution is -2.31. The SMILES string of the molecule is C=CC1CCC(CCC2CCC(C3CCC(C4CCC(OCC)CC4)CC3)CC2)CC1.